The maximum atomic E-state index is 12.1. The molecule has 134 valence electrons. The highest BCUT2D eigenvalue weighted by Gasteiger charge is 2.37. The van der Waals surface area contributed by atoms with Gasteiger partial charge in [-0.2, -0.15) is 0 Å². The molecule has 0 bridgehead atoms. The van der Waals surface area contributed by atoms with Crippen molar-refractivity contribution in [2.75, 3.05) is 13.7 Å². The molecule has 0 spiro atoms. The summed E-state index contributed by atoms with van der Waals surface area (Å²) in [6.45, 7) is 7.58. The van der Waals surface area contributed by atoms with Gasteiger partial charge in [-0.05, 0) is 33.3 Å². The molecule has 6 nitrogen and oxygen atoms in total. The second-order valence-electron chi connectivity index (χ2n) is 6.74. The van der Waals surface area contributed by atoms with Crippen molar-refractivity contribution in [2.45, 2.75) is 51.9 Å². The van der Waals surface area contributed by atoms with Gasteiger partial charge in [0.15, 0.2) is 0 Å². The molecule has 0 radical (unpaired) electrons. The summed E-state index contributed by atoms with van der Waals surface area (Å²) < 4.78 is 15.6. The molecule has 24 heavy (non-hydrogen) atoms. The Bertz CT molecular complexity index is 538. The lowest BCUT2D eigenvalue weighted by molar-refractivity contribution is -0.148. The first kappa shape index (κ1) is 20.0. The Morgan fingerprint density at radius 2 is 1.71 bits per heavy atom. The van der Waals surface area contributed by atoms with Crippen LogP contribution in [0.25, 0.3) is 0 Å². The van der Waals surface area contributed by atoms with Gasteiger partial charge >= 0.3 is 12.1 Å². The Labute approximate surface area is 143 Å². The van der Waals surface area contributed by atoms with E-state index >= 15 is 0 Å². The van der Waals surface area contributed by atoms with Crippen LogP contribution >= 0.6 is 0 Å². The molecule has 1 N–H and O–H groups in total. The van der Waals surface area contributed by atoms with Gasteiger partial charge in [0.1, 0.15) is 11.1 Å². The highest BCUT2D eigenvalue weighted by Crippen LogP contribution is 2.15. The van der Waals surface area contributed by atoms with Gasteiger partial charge in [0, 0.05) is 13.0 Å². The van der Waals surface area contributed by atoms with E-state index in [9.17, 15) is 9.59 Å². The van der Waals surface area contributed by atoms with Crippen molar-refractivity contribution >= 4 is 12.1 Å². The molecule has 1 aromatic carbocycles. The van der Waals surface area contributed by atoms with Crippen molar-refractivity contribution in [3.8, 4) is 0 Å². The fourth-order valence-electron chi connectivity index (χ4n) is 2.01. The number of amides is 1. The average Bonchev–Trinajstić information content (AvgIpc) is 2.49. The van der Waals surface area contributed by atoms with Gasteiger partial charge < -0.3 is 19.5 Å². The molecule has 0 aromatic heterocycles. The van der Waals surface area contributed by atoms with Crippen LogP contribution in [0, 0.1) is 0 Å². The van der Waals surface area contributed by atoms with Gasteiger partial charge in [-0.1, -0.05) is 30.3 Å². The summed E-state index contributed by atoms with van der Waals surface area (Å²) in [4.78, 5) is 24.0. The molecule has 0 saturated heterocycles. The lowest BCUT2D eigenvalue weighted by Crippen LogP contribution is -2.54. The Morgan fingerprint density at radius 3 is 2.25 bits per heavy atom. The molecule has 0 heterocycles. The summed E-state index contributed by atoms with van der Waals surface area (Å²) in [5.41, 5.74) is -0.823. The third-order valence-electron chi connectivity index (χ3n) is 3.27. The van der Waals surface area contributed by atoms with Crippen LogP contribution in [0.5, 0.6) is 0 Å². The molecule has 0 saturated carbocycles. The lowest BCUT2D eigenvalue weighted by atomic mass is 9.99. The van der Waals surface area contributed by atoms with Gasteiger partial charge in [-0.25, -0.2) is 9.59 Å². The molecular formula is C18H27NO5. The summed E-state index contributed by atoms with van der Waals surface area (Å²) in [5.74, 6) is -0.545. The Hall–Kier alpha value is -2.08. The SMILES string of the molecule is COC(=O)C(C)(CCOCc1ccccc1)NC(=O)OC(C)(C)C. The maximum absolute atomic E-state index is 12.1. The third kappa shape index (κ3) is 7.00. The minimum absolute atomic E-state index is 0.270. The largest absolute Gasteiger partial charge is 0.467 e. The van der Waals surface area contributed by atoms with Crippen molar-refractivity contribution in [3.05, 3.63) is 35.9 Å². The predicted octanol–water partition coefficient (Wildman–Crippen LogP) is 3.05. The lowest BCUT2D eigenvalue weighted by Gasteiger charge is -2.29. The van der Waals surface area contributed by atoms with Gasteiger partial charge in [-0.3, -0.25) is 0 Å². The highest BCUT2D eigenvalue weighted by molar-refractivity contribution is 5.85. The van der Waals surface area contributed by atoms with E-state index in [1.807, 2.05) is 30.3 Å². The molecule has 1 rings (SSSR count). The zero-order chi connectivity index (χ0) is 18.2. The van der Waals surface area contributed by atoms with Crippen molar-refractivity contribution in [1.82, 2.24) is 5.32 Å². The fraction of sp³-hybridized carbons (Fsp3) is 0.556. The summed E-state index contributed by atoms with van der Waals surface area (Å²) in [5, 5.41) is 2.58. The van der Waals surface area contributed by atoms with E-state index in [0.29, 0.717) is 6.61 Å². The van der Waals surface area contributed by atoms with Crippen LogP contribution in [0.2, 0.25) is 0 Å². The molecule has 0 fully saturated rings. The minimum Gasteiger partial charge on any atom is -0.467 e. The van der Waals surface area contributed by atoms with Crippen LogP contribution < -0.4 is 5.32 Å². The molecule has 0 aliphatic heterocycles. The van der Waals surface area contributed by atoms with E-state index in [0.717, 1.165) is 5.56 Å². The summed E-state index contributed by atoms with van der Waals surface area (Å²) >= 11 is 0. The van der Waals surface area contributed by atoms with Crippen LogP contribution in [0.3, 0.4) is 0 Å². The number of rotatable bonds is 7. The summed E-state index contributed by atoms with van der Waals surface area (Å²) in [6.07, 6.45) is -0.399. The fourth-order valence-corrected chi connectivity index (χ4v) is 2.01. The first-order valence-electron chi connectivity index (χ1n) is 7.87. The number of methoxy groups -OCH3 is 1. The summed E-state index contributed by atoms with van der Waals surface area (Å²) in [7, 11) is 1.28. The number of ether oxygens (including phenoxy) is 3. The predicted molar refractivity (Wildman–Crippen MR) is 90.5 cm³/mol. The van der Waals surface area contributed by atoms with Gasteiger partial charge in [0.2, 0.25) is 0 Å². The Morgan fingerprint density at radius 1 is 1.08 bits per heavy atom. The number of carbonyl (C=O) groups excluding carboxylic acids is 2. The normalized spacial score (nSPS) is 13.7. The Kier molecular flexibility index (Phi) is 7.22. The molecule has 0 aliphatic carbocycles. The third-order valence-corrected chi connectivity index (χ3v) is 3.27. The van der Waals surface area contributed by atoms with Crippen LogP contribution in [0.15, 0.2) is 30.3 Å². The van der Waals surface area contributed by atoms with Crippen LogP contribution in [0.4, 0.5) is 4.79 Å². The second-order valence-corrected chi connectivity index (χ2v) is 6.74. The van der Waals surface area contributed by atoms with Crippen LogP contribution in [-0.4, -0.2) is 36.9 Å². The second kappa shape index (κ2) is 8.68. The monoisotopic (exact) mass is 337 g/mol. The summed E-state index contributed by atoms with van der Waals surface area (Å²) in [6, 6.07) is 9.71. The quantitative estimate of drug-likeness (QED) is 0.611. The highest BCUT2D eigenvalue weighted by atomic mass is 16.6. The van der Waals surface area contributed by atoms with Gasteiger partial charge in [0.25, 0.3) is 0 Å². The first-order chi connectivity index (χ1) is 11.2. The van der Waals surface area contributed by atoms with E-state index < -0.39 is 23.2 Å². The molecule has 1 amide bonds. The molecule has 1 aromatic rings. The van der Waals surface area contributed by atoms with E-state index in [2.05, 4.69) is 5.32 Å². The van der Waals surface area contributed by atoms with Crippen molar-refractivity contribution in [2.24, 2.45) is 0 Å². The number of nitrogens with one attached hydrogen (secondary N) is 1. The van der Waals surface area contributed by atoms with E-state index in [-0.39, 0.29) is 13.0 Å². The van der Waals surface area contributed by atoms with E-state index in [1.165, 1.54) is 7.11 Å². The van der Waals surface area contributed by atoms with E-state index in [4.69, 9.17) is 14.2 Å². The topological polar surface area (TPSA) is 73.9 Å². The smallest absolute Gasteiger partial charge is 0.408 e. The maximum Gasteiger partial charge on any atom is 0.408 e. The zero-order valence-corrected chi connectivity index (χ0v) is 15.0. The number of alkyl carbamates (subject to hydrolysis) is 1. The van der Waals surface area contributed by atoms with Crippen molar-refractivity contribution in [3.63, 3.8) is 0 Å². The zero-order valence-electron chi connectivity index (χ0n) is 15.0. The number of hydrogen-bond donors (Lipinski definition) is 1. The number of benzene rings is 1. The standard InChI is InChI=1S/C18H27NO5/c1-17(2,3)24-16(21)19-18(4,15(20)22-5)11-12-23-13-14-9-7-6-8-10-14/h6-10H,11-13H2,1-5H3,(H,19,21). The van der Waals surface area contributed by atoms with Crippen molar-refractivity contribution < 1.29 is 23.8 Å². The van der Waals surface area contributed by atoms with E-state index in [1.54, 1.807) is 27.7 Å². The van der Waals surface area contributed by atoms with Crippen LogP contribution in [-0.2, 0) is 25.6 Å². The molecular weight excluding hydrogens is 310 g/mol. The minimum atomic E-state index is -1.21. The van der Waals surface area contributed by atoms with Gasteiger partial charge in [-0.15, -0.1) is 0 Å². The number of carbonyl (C=O) groups is 2. The Balaban J connectivity index is 2.57. The number of hydrogen-bond acceptors (Lipinski definition) is 5. The molecule has 6 heteroatoms. The molecule has 1 unspecified atom stereocenters. The first-order valence-corrected chi connectivity index (χ1v) is 7.87. The number of esters is 1. The van der Waals surface area contributed by atoms with Crippen LogP contribution in [0.1, 0.15) is 39.7 Å². The van der Waals surface area contributed by atoms with Crippen molar-refractivity contribution in [1.29, 1.82) is 0 Å². The molecule has 0 aliphatic rings. The average molecular weight is 337 g/mol. The molecule has 1 atom stereocenters. The van der Waals surface area contributed by atoms with Gasteiger partial charge in [0.05, 0.1) is 13.7 Å².